The van der Waals surface area contributed by atoms with Crippen molar-refractivity contribution < 1.29 is 23.9 Å². The molecular formula is C35H48ClFmN8O5-. The van der Waals surface area contributed by atoms with E-state index < -0.39 is 29.3 Å². The average Bonchev–Trinajstić information content (AvgIpc) is 3.56. The number of amidine groups is 1. The van der Waals surface area contributed by atoms with Crippen molar-refractivity contribution >= 4 is 47.6 Å². The molecule has 1 aromatic carbocycles. The number of nitrogens with one attached hydrogen (secondary N) is 6. The normalized spacial score (nSPS) is 18.5. The molecule has 2 atom stereocenters. The summed E-state index contributed by atoms with van der Waals surface area (Å²) in [6.45, 7) is 6.94. The Labute approximate surface area is 292 Å². The Hall–Kier alpha value is -5.26. The number of likely N-dealkylation sites (tertiary alicyclic amines) is 1. The molecule has 5 rings (SSSR count). The Balaban J connectivity index is 0.00000562. The number of ether oxygens (including phenoxy) is 1. The van der Waals surface area contributed by atoms with Crippen LogP contribution in [0.25, 0.3) is 0 Å². The van der Waals surface area contributed by atoms with Gasteiger partial charge in [0.15, 0.2) is 0 Å². The predicted octanol–water partition coefficient (Wildman–Crippen LogP) is 4.13. The third-order valence-electron chi connectivity index (χ3n) is 9.49. The van der Waals surface area contributed by atoms with Crippen LogP contribution < -0.4 is 26.6 Å². The van der Waals surface area contributed by atoms with Crippen molar-refractivity contribution in [2.45, 2.75) is 95.4 Å². The SMILES string of the molecule is CC(C)(C)OC(=O)NC1(C(=O)NC(CCNC(=O)C(N[C-]=O)C2CCCCC2)c2ccc(Cl)cc2)CCN(C2=NCNc3[nH]ccc32)CC1.[Fm]. The number of nitrogens with zero attached hydrogens (tertiary/aromatic N) is 2. The first-order chi connectivity index (χ1) is 23.5. The number of piperidine rings is 1. The maximum Gasteiger partial charge on any atom is 0.408 e. The van der Waals surface area contributed by atoms with Crippen LogP contribution in [0.15, 0.2) is 41.5 Å². The number of hydrogen-bond acceptors (Lipinski definition) is 8. The molecule has 1 aliphatic carbocycles. The van der Waals surface area contributed by atoms with Crippen LogP contribution in [0.1, 0.15) is 89.3 Å². The number of anilines is 1. The Morgan fingerprint density at radius 1 is 1.10 bits per heavy atom. The molecule has 0 spiro atoms. The summed E-state index contributed by atoms with van der Waals surface area (Å²) < 4.78 is 5.61. The summed E-state index contributed by atoms with van der Waals surface area (Å²) in [5.74, 6) is 1.18. The van der Waals surface area contributed by atoms with Crippen molar-refractivity contribution in [1.82, 2.24) is 31.2 Å². The van der Waals surface area contributed by atoms with Crippen molar-refractivity contribution in [3.8, 4) is 0 Å². The Kier molecular flexibility index (Phi) is 12.3. The molecule has 3 aliphatic rings. The van der Waals surface area contributed by atoms with Gasteiger partial charge in [-0.2, -0.15) is 6.41 Å². The number of aliphatic imine (C=N–C) groups is 1. The van der Waals surface area contributed by atoms with Crippen LogP contribution in [0, 0.1) is 5.92 Å². The monoisotopic (exact) mass is 952 g/mol. The molecule has 2 aliphatic heterocycles. The van der Waals surface area contributed by atoms with Crippen LogP contribution in [0.3, 0.4) is 0 Å². The second-order valence-electron chi connectivity index (χ2n) is 14.1. The van der Waals surface area contributed by atoms with E-state index in [1.165, 1.54) is 0 Å². The number of carbonyl (C=O) groups is 3. The van der Waals surface area contributed by atoms with E-state index in [1.807, 2.05) is 24.4 Å². The number of benzene rings is 1. The summed E-state index contributed by atoms with van der Waals surface area (Å²) in [5.41, 5.74) is -0.270. The first-order valence-corrected chi connectivity index (χ1v) is 17.5. The van der Waals surface area contributed by atoms with Crippen molar-refractivity contribution in [2.24, 2.45) is 10.9 Å². The van der Waals surface area contributed by atoms with Gasteiger partial charge in [-0.1, -0.05) is 43.0 Å². The Bertz CT molecular complexity index is 1500. The van der Waals surface area contributed by atoms with Gasteiger partial charge in [0.05, 0.1) is 17.6 Å². The molecule has 0 bridgehead atoms. The molecule has 2 unspecified atom stereocenters. The van der Waals surface area contributed by atoms with Gasteiger partial charge in [0.25, 0.3) is 0 Å². The number of amides is 4. The van der Waals surface area contributed by atoms with Gasteiger partial charge in [-0.3, -0.25) is 9.59 Å². The number of rotatable bonds is 11. The van der Waals surface area contributed by atoms with E-state index in [2.05, 4.69) is 36.5 Å². The molecule has 1 saturated heterocycles. The molecule has 2 fully saturated rings. The van der Waals surface area contributed by atoms with Crippen molar-refractivity contribution in [3.63, 3.8) is 0 Å². The number of aromatic amines is 1. The molecule has 4 amide bonds. The van der Waals surface area contributed by atoms with Gasteiger partial charge in [0.1, 0.15) is 29.5 Å². The third kappa shape index (κ3) is 9.25. The summed E-state index contributed by atoms with van der Waals surface area (Å²) in [7, 11) is 0. The summed E-state index contributed by atoms with van der Waals surface area (Å²) in [5, 5.41) is 15.5. The molecule has 6 N–H and O–H groups in total. The van der Waals surface area contributed by atoms with Crippen LogP contribution in [-0.2, 0) is 19.1 Å². The predicted molar refractivity (Wildman–Crippen MR) is 188 cm³/mol. The smallest absolute Gasteiger partial charge is 0.408 e. The number of H-pyrrole nitrogens is 1. The quantitative estimate of drug-likeness (QED) is 0.146. The largest absolute Gasteiger partial charge is 0.520 e. The number of alkyl carbamates (subject to hydrolysis) is 1. The van der Waals surface area contributed by atoms with Gasteiger partial charge < -0.3 is 46.0 Å². The molecular weight excluding hydrogens is 905 g/mol. The Morgan fingerprint density at radius 3 is 2.46 bits per heavy atom. The number of halogens is 1. The van der Waals surface area contributed by atoms with Crippen LogP contribution in [0.2, 0.25) is 5.02 Å². The number of fused-ring (bicyclic) bond motifs is 1. The summed E-state index contributed by atoms with van der Waals surface area (Å²) in [6.07, 6.45) is 8.79. The molecule has 3 heterocycles. The van der Waals surface area contributed by atoms with E-state index in [9.17, 15) is 19.2 Å². The first kappa shape index (κ1) is 37.6. The van der Waals surface area contributed by atoms with Crippen molar-refractivity contribution in [1.29, 1.82) is 0 Å². The molecule has 13 nitrogen and oxygen atoms in total. The summed E-state index contributed by atoms with van der Waals surface area (Å²) >= 11 is 6.20. The number of aromatic nitrogens is 1. The van der Waals surface area contributed by atoms with Crippen LogP contribution in [-0.4, -0.2) is 83.5 Å². The molecule has 0 radical (unpaired) electrons. The molecule has 278 valence electrons. The zero-order valence-electron chi connectivity index (χ0n) is 28.8. The molecule has 50 heavy (non-hydrogen) atoms. The van der Waals surface area contributed by atoms with Crippen LogP contribution in [0.4, 0.5) is 10.6 Å². The van der Waals surface area contributed by atoms with Gasteiger partial charge in [0, 0.05) is 30.9 Å². The average molecular weight is 953 g/mol. The van der Waals surface area contributed by atoms with Gasteiger partial charge in [-0.25, -0.2) is 9.79 Å². The van der Waals surface area contributed by atoms with Crippen LogP contribution >= 0.6 is 11.6 Å². The minimum atomic E-state index is -1.27. The summed E-state index contributed by atoms with van der Waals surface area (Å²) in [6, 6.07) is 7.97. The molecule has 1 saturated carbocycles. The minimum Gasteiger partial charge on any atom is -0.520 e. The fraction of sp³-hybridized carbons (Fsp3) is 0.571. The van der Waals surface area contributed by atoms with Gasteiger partial charge in [-0.15, -0.1) is 0 Å². The maximum absolute atomic E-state index is 14.4. The topological polar surface area (TPSA) is 169 Å². The first-order valence-electron chi connectivity index (χ1n) is 17.2. The second-order valence-corrected chi connectivity index (χ2v) is 14.5. The van der Waals surface area contributed by atoms with Gasteiger partial charge >= 0.3 is 6.09 Å². The third-order valence-corrected chi connectivity index (χ3v) is 9.74. The molecule has 1 aromatic heterocycles. The number of carbonyl (C=O) groups excluding carboxylic acids is 4. The van der Waals surface area contributed by atoms with Crippen LogP contribution in [0.5, 0.6) is 0 Å². The van der Waals surface area contributed by atoms with E-state index in [0.717, 1.165) is 54.9 Å². The second kappa shape index (κ2) is 16.4. The van der Waals surface area contributed by atoms with E-state index in [-0.39, 0.29) is 24.3 Å². The van der Waals surface area contributed by atoms with Crippen molar-refractivity contribution in [2.75, 3.05) is 31.6 Å². The zero-order chi connectivity index (χ0) is 35.0. The van der Waals surface area contributed by atoms with E-state index in [1.54, 1.807) is 39.3 Å². The fourth-order valence-corrected chi connectivity index (χ4v) is 7.08. The van der Waals surface area contributed by atoms with Gasteiger partial charge in [-0.05, 0) is 82.6 Å². The molecule has 15 heteroatoms. The molecule has 2 aromatic rings. The van der Waals surface area contributed by atoms with E-state index in [4.69, 9.17) is 21.3 Å². The van der Waals surface area contributed by atoms with Crippen molar-refractivity contribution in [3.05, 3.63) is 52.7 Å². The minimum absolute atomic E-state index is 0. The van der Waals surface area contributed by atoms with E-state index in [0.29, 0.717) is 44.0 Å². The zero-order valence-corrected chi connectivity index (χ0v) is 31.9. The standard InChI is InChI=1S/C35H48ClN8O5.Fm/c1-34(2,3)49-33(48)43-35(15-19-44(20-16-35)30-26-13-17-37-29(26)39-21-40-30)32(47)42-27(23-9-11-25(36)12-10-23)14-18-38-31(46)28(41-22-45)24-7-5-4-6-8-24;/h9-13,17,24,27-28,37,39H,4-8,14-16,18-21H2,1-3H3,(H,38,46)(H,41,45)(H,42,47)(H,43,48);/q-1;. The number of hydrogen-bond donors (Lipinski definition) is 6. The maximum atomic E-state index is 14.4. The fourth-order valence-electron chi connectivity index (χ4n) is 6.95. The summed E-state index contributed by atoms with van der Waals surface area (Å²) in [4.78, 5) is 62.1. The van der Waals surface area contributed by atoms with E-state index >= 15 is 0 Å². The van der Waals surface area contributed by atoms with Gasteiger partial charge in [0.2, 0.25) is 11.8 Å². The Morgan fingerprint density at radius 2 is 1.80 bits per heavy atom.